The third kappa shape index (κ3) is 4.14. The molecule has 31 heavy (non-hydrogen) atoms. The van der Waals surface area contributed by atoms with Crippen molar-refractivity contribution in [1.82, 2.24) is 9.55 Å². The van der Waals surface area contributed by atoms with Crippen LogP contribution in [-0.2, 0) is 14.3 Å². The molecule has 7 nitrogen and oxygen atoms in total. The van der Waals surface area contributed by atoms with Crippen LogP contribution in [0.1, 0.15) is 61.3 Å². The van der Waals surface area contributed by atoms with E-state index < -0.39 is 28.8 Å². The summed E-state index contributed by atoms with van der Waals surface area (Å²) in [4.78, 5) is 55.7. The van der Waals surface area contributed by atoms with Crippen LogP contribution in [0, 0.1) is 5.92 Å². The highest BCUT2D eigenvalue weighted by Crippen LogP contribution is 2.32. The summed E-state index contributed by atoms with van der Waals surface area (Å²) in [6, 6.07) is 9.22. The van der Waals surface area contributed by atoms with E-state index in [2.05, 4.69) is 4.98 Å². The van der Waals surface area contributed by atoms with Gasteiger partial charge in [0.25, 0.3) is 5.56 Å². The van der Waals surface area contributed by atoms with Gasteiger partial charge in [-0.25, -0.2) is 4.98 Å². The van der Waals surface area contributed by atoms with Gasteiger partial charge in [-0.15, -0.1) is 0 Å². The summed E-state index contributed by atoms with van der Waals surface area (Å²) >= 11 is 0. The maximum absolute atomic E-state index is 13.6. The van der Waals surface area contributed by atoms with E-state index in [4.69, 9.17) is 4.74 Å². The molecule has 2 aliphatic carbocycles. The average molecular weight is 422 g/mol. The number of carbonyl (C=O) groups excluding carboxylic acids is 3. The molecule has 0 amide bonds. The number of methoxy groups -OCH3 is 1. The number of aromatic nitrogens is 2. The van der Waals surface area contributed by atoms with Gasteiger partial charge in [0.15, 0.2) is 17.3 Å². The molecular weight excluding hydrogens is 396 g/mol. The van der Waals surface area contributed by atoms with Crippen LogP contribution >= 0.6 is 0 Å². The number of ether oxygens (including phenoxy) is 1. The Balaban J connectivity index is 1.79. The Morgan fingerprint density at radius 2 is 1.65 bits per heavy atom. The second-order valence-electron chi connectivity index (χ2n) is 8.29. The number of carbonyl (C=O) groups is 3. The zero-order chi connectivity index (χ0) is 22.0. The van der Waals surface area contributed by atoms with E-state index in [0.29, 0.717) is 12.2 Å². The quantitative estimate of drug-likeness (QED) is 0.543. The first kappa shape index (κ1) is 21.3. The van der Waals surface area contributed by atoms with Crippen molar-refractivity contribution < 1.29 is 19.1 Å². The van der Waals surface area contributed by atoms with E-state index in [-0.39, 0.29) is 30.6 Å². The minimum absolute atomic E-state index is 0.132. The molecule has 0 spiro atoms. The summed E-state index contributed by atoms with van der Waals surface area (Å²) < 4.78 is 7.04. The zero-order valence-corrected chi connectivity index (χ0v) is 17.6. The number of rotatable bonds is 5. The molecule has 2 fully saturated rings. The van der Waals surface area contributed by atoms with Crippen LogP contribution in [0.2, 0.25) is 0 Å². The van der Waals surface area contributed by atoms with E-state index in [1.165, 1.54) is 6.20 Å². The number of nitrogens with zero attached hydrogens (tertiary/aromatic N) is 2. The van der Waals surface area contributed by atoms with Crippen LogP contribution in [0.15, 0.2) is 41.3 Å². The molecule has 2 aliphatic rings. The number of hydrogen-bond donors (Lipinski definition) is 0. The average Bonchev–Trinajstić information content (AvgIpc) is 2.79. The standard InChI is InChI=1S/C24H26N2O5/c1-31-17-12-10-16(11-13-17)26-23(15-6-3-2-4-7-15)25-14-18(24(26)30)22(29)21-19(27)8-5-9-20(21)28/h2-4,6-7,14,16-17,21H,5,8-13H2,1H3. The summed E-state index contributed by atoms with van der Waals surface area (Å²) in [5, 5.41) is 0. The van der Waals surface area contributed by atoms with Crippen molar-refractivity contribution in [3.05, 3.63) is 52.4 Å². The molecule has 0 saturated heterocycles. The van der Waals surface area contributed by atoms with Gasteiger partial charge < -0.3 is 4.74 Å². The second kappa shape index (κ2) is 9.06. The fourth-order valence-electron chi connectivity index (χ4n) is 4.67. The summed E-state index contributed by atoms with van der Waals surface area (Å²) in [5.41, 5.74) is 0.116. The molecule has 1 aromatic heterocycles. The zero-order valence-electron chi connectivity index (χ0n) is 17.6. The predicted molar refractivity (Wildman–Crippen MR) is 114 cm³/mol. The van der Waals surface area contributed by atoms with Crippen LogP contribution in [0.25, 0.3) is 11.4 Å². The minimum Gasteiger partial charge on any atom is -0.381 e. The van der Waals surface area contributed by atoms with Gasteiger partial charge in [-0.2, -0.15) is 0 Å². The highest BCUT2D eigenvalue weighted by Gasteiger charge is 2.38. The van der Waals surface area contributed by atoms with Gasteiger partial charge in [0.2, 0.25) is 0 Å². The van der Waals surface area contributed by atoms with Crippen LogP contribution < -0.4 is 5.56 Å². The fraction of sp³-hybridized carbons (Fsp3) is 0.458. The third-order valence-corrected chi connectivity index (χ3v) is 6.39. The number of hydrogen-bond acceptors (Lipinski definition) is 6. The Labute approximate surface area is 180 Å². The molecule has 162 valence electrons. The molecule has 1 aromatic carbocycles. The molecule has 7 heteroatoms. The van der Waals surface area contributed by atoms with Gasteiger partial charge in [-0.05, 0) is 32.1 Å². The normalized spacial score (nSPS) is 22.5. The van der Waals surface area contributed by atoms with Crippen molar-refractivity contribution >= 4 is 17.3 Å². The lowest BCUT2D eigenvalue weighted by atomic mass is 9.82. The smallest absolute Gasteiger partial charge is 0.264 e. The molecule has 0 radical (unpaired) electrons. The van der Waals surface area contributed by atoms with Gasteiger partial charge in [-0.1, -0.05) is 30.3 Å². The Kier molecular flexibility index (Phi) is 6.23. The molecule has 1 heterocycles. The van der Waals surface area contributed by atoms with E-state index in [1.807, 2.05) is 30.3 Å². The Morgan fingerprint density at radius 1 is 1.00 bits per heavy atom. The number of Topliss-reactive ketones (excluding diaryl/α,β-unsaturated/α-hetero) is 3. The summed E-state index contributed by atoms with van der Waals surface area (Å²) in [7, 11) is 1.69. The molecule has 0 aliphatic heterocycles. The highest BCUT2D eigenvalue weighted by atomic mass is 16.5. The molecule has 0 atom stereocenters. The Bertz CT molecular complexity index is 1040. The van der Waals surface area contributed by atoms with Crippen LogP contribution in [0.5, 0.6) is 0 Å². The molecule has 4 rings (SSSR count). The van der Waals surface area contributed by atoms with Crippen molar-refractivity contribution in [2.24, 2.45) is 5.92 Å². The van der Waals surface area contributed by atoms with Crippen LogP contribution in [-0.4, -0.2) is 40.1 Å². The van der Waals surface area contributed by atoms with Gasteiger partial charge in [0, 0.05) is 37.8 Å². The molecule has 2 saturated carbocycles. The number of ketones is 3. The topological polar surface area (TPSA) is 95.3 Å². The lowest BCUT2D eigenvalue weighted by molar-refractivity contribution is -0.133. The first-order valence-electron chi connectivity index (χ1n) is 10.8. The van der Waals surface area contributed by atoms with Gasteiger partial charge in [0.1, 0.15) is 17.3 Å². The van der Waals surface area contributed by atoms with Crippen molar-refractivity contribution in [1.29, 1.82) is 0 Å². The first-order chi connectivity index (χ1) is 15.0. The lowest BCUT2D eigenvalue weighted by Crippen LogP contribution is -2.40. The first-order valence-corrected chi connectivity index (χ1v) is 10.8. The summed E-state index contributed by atoms with van der Waals surface area (Å²) in [6.07, 6.45) is 5.28. The summed E-state index contributed by atoms with van der Waals surface area (Å²) in [5.74, 6) is -2.40. The SMILES string of the molecule is COC1CCC(n2c(-c3ccccc3)ncc(C(=O)C3C(=O)CCCC3=O)c2=O)CC1. The summed E-state index contributed by atoms with van der Waals surface area (Å²) in [6.45, 7) is 0. The van der Waals surface area contributed by atoms with Gasteiger partial charge in [0.05, 0.1) is 6.10 Å². The number of benzene rings is 1. The second-order valence-corrected chi connectivity index (χ2v) is 8.29. The fourth-order valence-corrected chi connectivity index (χ4v) is 4.67. The van der Waals surface area contributed by atoms with Gasteiger partial charge in [-0.3, -0.25) is 23.7 Å². The molecule has 0 N–H and O–H groups in total. The van der Waals surface area contributed by atoms with Crippen molar-refractivity contribution in [3.8, 4) is 11.4 Å². The van der Waals surface area contributed by atoms with E-state index in [1.54, 1.807) is 11.7 Å². The van der Waals surface area contributed by atoms with Crippen LogP contribution in [0.3, 0.4) is 0 Å². The molecule has 0 bridgehead atoms. The van der Waals surface area contributed by atoms with E-state index in [9.17, 15) is 19.2 Å². The van der Waals surface area contributed by atoms with Crippen molar-refractivity contribution in [3.63, 3.8) is 0 Å². The highest BCUT2D eigenvalue weighted by molar-refractivity contribution is 6.24. The third-order valence-electron chi connectivity index (χ3n) is 6.39. The van der Waals surface area contributed by atoms with Crippen molar-refractivity contribution in [2.75, 3.05) is 7.11 Å². The maximum Gasteiger partial charge on any atom is 0.264 e. The maximum atomic E-state index is 13.6. The lowest BCUT2D eigenvalue weighted by Gasteiger charge is -2.30. The Hall–Kier alpha value is -2.93. The monoisotopic (exact) mass is 422 g/mol. The predicted octanol–water partition coefficient (Wildman–Crippen LogP) is 3.16. The van der Waals surface area contributed by atoms with Crippen molar-refractivity contribution in [2.45, 2.75) is 57.1 Å². The minimum atomic E-state index is -1.37. The molecule has 0 unspecified atom stereocenters. The Morgan fingerprint density at radius 3 is 2.26 bits per heavy atom. The van der Waals surface area contributed by atoms with E-state index in [0.717, 1.165) is 31.2 Å². The largest absolute Gasteiger partial charge is 0.381 e. The molecule has 2 aromatic rings. The van der Waals surface area contributed by atoms with Gasteiger partial charge >= 0.3 is 0 Å². The van der Waals surface area contributed by atoms with E-state index >= 15 is 0 Å². The molecular formula is C24H26N2O5. The van der Waals surface area contributed by atoms with Crippen LogP contribution in [0.4, 0.5) is 0 Å².